The van der Waals surface area contributed by atoms with E-state index < -0.39 is 6.43 Å². The molecule has 0 aromatic rings. The number of piperazine rings is 1. The zero-order valence-electron chi connectivity index (χ0n) is 7.26. The van der Waals surface area contributed by atoms with E-state index in [1.165, 1.54) is 0 Å². The van der Waals surface area contributed by atoms with E-state index >= 15 is 0 Å². The molecule has 0 saturated carbocycles. The Kier molecular flexibility index (Phi) is 3.84. The highest BCUT2D eigenvalue weighted by Gasteiger charge is 2.14. The van der Waals surface area contributed by atoms with Crippen molar-refractivity contribution in [3.05, 3.63) is 0 Å². The van der Waals surface area contributed by atoms with Gasteiger partial charge in [0.15, 0.2) is 0 Å². The van der Waals surface area contributed by atoms with Crippen LogP contribution in [-0.2, 0) is 0 Å². The normalized spacial score (nSPS) is 22.0. The number of nitrogens with zero attached hydrogens (tertiary/aromatic N) is 2. The van der Waals surface area contributed by atoms with Crippen molar-refractivity contribution in [1.82, 2.24) is 15.3 Å². The van der Waals surface area contributed by atoms with Crippen molar-refractivity contribution >= 4 is 0 Å². The van der Waals surface area contributed by atoms with E-state index in [9.17, 15) is 8.78 Å². The lowest BCUT2D eigenvalue weighted by molar-refractivity contribution is 0.0635. The number of halogens is 2. The number of hydrogen-bond acceptors (Lipinski definition) is 3. The summed E-state index contributed by atoms with van der Waals surface area (Å²) in [7, 11) is 2.03. The fourth-order valence-electron chi connectivity index (χ4n) is 1.16. The first kappa shape index (κ1) is 9.83. The highest BCUT2D eigenvalue weighted by molar-refractivity contribution is 4.65. The van der Waals surface area contributed by atoms with Crippen LogP contribution in [0.2, 0.25) is 0 Å². The molecule has 12 heavy (non-hydrogen) atoms. The molecular weight excluding hydrogens is 164 g/mol. The van der Waals surface area contributed by atoms with Gasteiger partial charge < -0.3 is 4.90 Å². The second-order valence-electron chi connectivity index (χ2n) is 3.04. The monoisotopic (exact) mass is 179 g/mol. The van der Waals surface area contributed by atoms with E-state index in [0.717, 1.165) is 26.2 Å². The minimum Gasteiger partial charge on any atom is -0.304 e. The van der Waals surface area contributed by atoms with Crippen molar-refractivity contribution < 1.29 is 8.78 Å². The van der Waals surface area contributed by atoms with E-state index in [-0.39, 0.29) is 6.54 Å². The third-order valence-corrected chi connectivity index (χ3v) is 1.97. The van der Waals surface area contributed by atoms with Crippen molar-refractivity contribution in [2.24, 2.45) is 0 Å². The second-order valence-corrected chi connectivity index (χ2v) is 3.04. The van der Waals surface area contributed by atoms with E-state index in [0.29, 0.717) is 0 Å². The molecule has 0 spiro atoms. The lowest BCUT2D eigenvalue weighted by Gasteiger charge is -2.32. The number of hydrazine groups is 1. The first-order valence-electron chi connectivity index (χ1n) is 4.13. The van der Waals surface area contributed by atoms with Crippen molar-refractivity contribution in [3.63, 3.8) is 0 Å². The van der Waals surface area contributed by atoms with E-state index in [2.05, 4.69) is 10.3 Å². The number of rotatable bonds is 3. The number of alkyl halides is 2. The summed E-state index contributed by atoms with van der Waals surface area (Å²) in [5.74, 6) is 0. The second kappa shape index (κ2) is 4.69. The third-order valence-electron chi connectivity index (χ3n) is 1.97. The summed E-state index contributed by atoms with van der Waals surface area (Å²) in [4.78, 5) is 2.18. The van der Waals surface area contributed by atoms with Gasteiger partial charge in [-0.2, -0.15) is 0 Å². The van der Waals surface area contributed by atoms with Gasteiger partial charge in [0, 0.05) is 26.2 Å². The van der Waals surface area contributed by atoms with Crippen LogP contribution < -0.4 is 5.43 Å². The van der Waals surface area contributed by atoms with Crippen LogP contribution in [0.5, 0.6) is 0 Å². The largest absolute Gasteiger partial charge is 0.304 e. The molecule has 0 aromatic carbocycles. The minimum absolute atomic E-state index is 0.232. The molecule has 0 amide bonds. The Bertz CT molecular complexity index is 124. The fraction of sp³-hybridized carbons (Fsp3) is 1.00. The summed E-state index contributed by atoms with van der Waals surface area (Å²) in [6, 6.07) is 0. The molecule has 0 aliphatic carbocycles. The lowest BCUT2D eigenvalue weighted by Crippen LogP contribution is -2.51. The Hall–Kier alpha value is -0.260. The summed E-state index contributed by atoms with van der Waals surface area (Å²) in [5.41, 5.74) is 2.70. The zero-order chi connectivity index (χ0) is 8.97. The van der Waals surface area contributed by atoms with E-state index in [4.69, 9.17) is 0 Å². The number of hydrogen-bond donors (Lipinski definition) is 1. The molecular formula is C7H15F2N3. The summed E-state index contributed by atoms with van der Waals surface area (Å²) >= 11 is 0. The third kappa shape index (κ3) is 3.42. The Morgan fingerprint density at radius 3 is 2.33 bits per heavy atom. The highest BCUT2D eigenvalue weighted by Crippen LogP contribution is 1.96. The molecule has 1 N–H and O–H groups in total. The number of likely N-dealkylation sites (N-methyl/N-ethyl adjacent to an activating group) is 1. The molecule has 1 heterocycles. The van der Waals surface area contributed by atoms with Gasteiger partial charge in [0.05, 0.1) is 6.54 Å². The summed E-state index contributed by atoms with van der Waals surface area (Å²) in [6.45, 7) is 3.29. The van der Waals surface area contributed by atoms with E-state index in [1.807, 2.05) is 12.1 Å². The molecule has 3 nitrogen and oxygen atoms in total. The first-order chi connectivity index (χ1) is 5.68. The average Bonchev–Trinajstić information content (AvgIpc) is 2.03. The molecule has 5 heteroatoms. The molecule has 0 bridgehead atoms. The molecule has 1 fully saturated rings. The van der Waals surface area contributed by atoms with Crippen LogP contribution in [0.1, 0.15) is 0 Å². The molecule has 72 valence electrons. The minimum atomic E-state index is -2.26. The van der Waals surface area contributed by atoms with Crippen LogP contribution in [-0.4, -0.2) is 56.1 Å². The average molecular weight is 179 g/mol. The van der Waals surface area contributed by atoms with Crippen molar-refractivity contribution in [2.75, 3.05) is 39.8 Å². The van der Waals surface area contributed by atoms with Gasteiger partial charge in [-0.1, -0.05) is 0 Å². The van der Waals surface area contributed by atoms with Gasteiger partial charge >= 0.3 is 0 Å². The summed E-state index contributed by atoms with van der Waals surface area (Å²) in [6.07, 6.45) is -2.26. The van der Waals surface area contributed by atoms with Crippen LogP contribution in [0.15, 0.2) is 0 Å². The predicted molar refractivity (Wildman–Crippen MR) is 43.1 cm³/mol. The maximum atomic E-state index is 11.8. The van der Waals surface area contributed by atoms with Gasteiger partial charge in [-0.15, -0.1) is 0 Å². The van der Waals surface area contributed by atoms with Gasteiger partial charge in [-0.25, -0.2) is 19.2 Å². The van der Waals surface area contributed by atoms with Crippen LogP contribution in [0.3, 0.4) is 0 Å². The molecule has 1 aliphatic heterocycles. The standard InChI is InChI=1S/C7H15F2N3/c1-11-2-4-12(5-3-11)10-6-7(8)9/h7,10H,2-6H2,1H3. The quantitative estimate of drug-likeness (QED) is 0.658. The summed E-state index contributed by atoms with van der Waals surface area (Å²) < 4.78 is 23.5. The van der Waals surface area contributed by atoms with Crippen LogP contribution in [0.4, 0.5) is 8.78 Å². The maximum absolute atomic E-state index is 11.8. The van der Waals surface area contributed by atoms with Gasteiger partial charge in [0.25, 0.3) is 6.43 Å². The van der Waals surface area contributed by atoms with Crippen molar-refractivity contribution in [1.29, 1.82) is 0 Å². The van der Waals surface area contributed by atoms with Crippen LogP contribution in [0, 0.1) is 0 Å². The Labute approximate surface area is 71.3 Å². The lowest BCUT2D eigenvalue weighted by atomic mass is 10.4. The van der Waals surface area contributed by atoms with Gasteiger partial charge in [0.2, 0.25) is 0 Å². The predicted octanol–water partition coefficient (Wildman–Crippen LogP) is 0.00350. The van der Waals surface area contributed by atoms with Crippen LogP contribution >= 0.6 is 0 Å². The molecule has 0 unspecified atom stereocenters. The molecule has 0 atom stereocenters. The zero-order valence-corrected chi connectivity index (χ0v) is 7.26. The molecule has 0 aromatic heterocycles. The fourth-order valence-corrected chi connectivity index (χ4v) is 1.16. The molecule has 1 rings (SSSR count). The SMILES string of the molecule is CN1CCN(NCC(F)F)CC1. The van der Waals surface area contributed by atoms with Gasteiger partial charge in [-0.05, 0) is 7.05 Å². The maximum Gasteiger partial charge on any atom is 0.252 e. The topological polar surface area (TPSA) is 18.5 Å². The highest BCUT2D eigenvalue weighted by atomic mass is 19.3. The molecule has 1 saturated heterocycles. The van der Waals surface area contributed by atoms with Gasteiger partial charge in [0.1, 0.15) is 0 Å². The summed E-state index contributed by atoms with van der Waals surface area (Å²) in [5, 5.41) is 1.85. The molecule has 1 aliphatic rings. The number of nitrogens with one attached hydrogen (secondary N) is 1. The first-order valence-corrected chi connectivity index (χ1v) is 4.13. The van der Waals surface area contributed by atoms with E-state index in [1.54, 1.807) is 0 Å². The van der Waals surface area contributed by atoms with Gasteiger partial charge in [-0.3, -0.25) is 0 Å². The Morgan fingerprint density at radius 1 is 1.25 bits per heavy atom. The van der Waals surface area contributed by atoms with Crippen molar-refractivity contribution in [2.45, 2.75) is 6.43 Å². The van der Waals surface area contributed by atoms with Crippen molar-refractivity contribution in [3.8, 4) is 0 Å². The Morgan fingerprint density at radius 2 is 1.83 bits per heavy atom. The van der Waals surface area contributed by atoms with Crippen LogP contribution in [0.25, 0.3) is 0 Å². The smallest absolute Gasteiger partial charge is 0.252 e. The molecule has 0 radical (unpaired) electrons. The Balaban J connectivity index is 2.09.